The van der Waals surface area contributed by atoms with Crippen LogP contribution in [0.1, 0.15) is 47.2 Å². The molecule has 0 saturated heterocycles. The first kappa shape index (κ1) is 34.6. The summed E-state index contributed by atoms with van der Waals surface area (Å²) in [7, 11) is 0. The third kappa shape index (κ3) is 5.18. The van der Waals surface area contributed by atoms with E-state index in [0.717, 1.165) is 11.4 Å². The van der Waals surface area contributed by atoms with E-state index >= 15 is 0 Å². The molecule has 1 unspecified atom stereocenters. The third-order valence-electron chi connectivity index (χ3n) is 12.6. The van der Waals surface area contributed by atoms with Gasteiger partial charge in [0, 0.05) is 26.6 Å². The lowest BCUT2D eigenvalue weighted by atomic mass is 9.53. The van der Waals surface area contributed by atoms with Crippen LogP contribution in [0.5, 0.6) is 0 Å². The molecule has 1 atom stereocenters. The summed E-state index contributed by atoms with van der Waals surface area (Å²) in [5.41, 5.74) is 15.5. The van der Waals surface area contributed by atoms with Gasteiger partial charge in [0.1, 0.15) is 0 Å². The van der Waals surface area contributed by atoms with Gasteiger partial charge in [-0.25, -0.2) is 0 Å². The van der Waals surface area contributed by atoms with Crippen LogP contribution in [0.15, 0.2) is 222 Å². The Balaban J connectivity index is 1.21. The second-order valence-electron chi connectivity index (χ2n) is 16.0. The standard InChI is InChI=1S/C56H41NS/c1-55(2)46-22-11-12-23-47(46)56(48-24-13-14-27-52(48)58-54-45-21-10-9-20-42(45)32-37-50(54)56)49-25-15-26-51(53(49)55)57(43-33-28-40(29-34-43)38-16-5-3-6-17-38)44-35-30-41(31-36-44)39-18-7-4-8-19-39/h3-37H,1-2H3. The topological polar surface area (TPSA) is 3.24 Å². The fourth-order valence-electron chi connectivity index (χ4n) is 9.97. The van der Waals surface area contributed by atoms with Gasteiger partial charge in [-0.1, -0.05) is 202 Å². The first-order valence-corrected chi connectivity index (χ1v) is 21.0. The van der Waals surface area contributed by atoms with Gasteiger partial charge >= 0.3 is 0 Å². The van der Waals surface area contributed by atoms with Gasteiger partial charge in [0.15, 0.2) is 0 Å². The minimum Gasteiger partial charge on any atom is -0.310 e. The molecule has 9 aromatic rings. The van der Waals surface area contributed by atoms with E-state index in [1.165, 1.54) is 81.9 Å². The smallest absolute Gasteiger partial charge is 0.0730 e. The van der Waals surface area contributed by atoms with Gasteiger partial charge < -0.3 is 4.90 Å². The number of nitrogens with zero attached hydrogens (tertiary/aromatic N) is 1. The quantitative estimate of drug-likeness (QED) is 0.172. The van der Waals surface area contributed by atoms with Crippen LogP contribution in [0, 0.1) is 0 Å². The average molecular weight is 760 g/mol. The van der Waals surface area contributed by atoms with Crippen molar-refractivity contribution in [1.29, 1.82) is 0 Å². The summed E-state index contributed by atoms with van der Waals surface area (Å²) in [4.78, 5) is 5.14. The van der Waals surface area contributed by atoms with Crippen molar-refractivity contribution in [2.24, 2.45) is 0 Å². The Bertz CT molecular complexity index is 2900. The van der Waals surface area contributed by atoms with E-state index in [0.29, 0.717) is 0 Å². The molecule has 1 spiro atoms. The fraction of sp³-hybridized carbons (Fsp3) is 0.0714. The molecule has 2 aliphatic rings. The summed E-state index contributed by atoms with van der Waals surface area (Å²) in [6.07, 6.45) is 0. The van der Waals surface area contributed by atoms with E-state index in [9.17, 15) is 0 Å². The first-order valence-electron chi connectivity index (χ1n) is 20.2. The molecule has 0 bridgehead atoms. The van der Waals surface area contributed by atoms with Gasteiger partial charge in [-0.15, -0.1) is 0 Å². The summed E-state index contributed by atoms with van der Waals surface area (Å²) >= 11 is 1.92. The second kappa shape index (κ2) is 13.5. The Morgan fingerprint density at radius 2 is 0.897 bits per heavy atom. The molecule has 0 aromatic heterocycles. The zero-order chi connectivity index (χ0) is 38.8. The SMILES string of the molecule is CC1(C)c2ccccc2C2(c3ccccc3Sc3c2ccc2ccccc32)c2cccc(N(c3ccc(-c4ccccc4)cc3)c3ccc(-c4ccccc4)cc3)c21. The monoisotopic (exact) mass is 759 g/mol. The van der Waals surface area contributed by atoms with E-state index in [1.54, 1.807) is 0 Å². The maximum atomic E-state index is 2.50. The van der Waals surface area contributed by atoms with Crippen molar-refractivity contribution >= 4 is 39.6 Å². The van der Waals surface area contributed by atoms with Gasteiger partial charge in [-0.05, 0) is 103 Å². The Kier molecular flexibility index (Phi) is 8.06. The maximum Gasteiger partial charge on any atom is 0.0730 e. The molecular formula is C56H41NS. The highest BCUT2D eigenvalue weighted by molar-refractivity contribution is 7.99. The summed E-state index contributed by atoms with van der Waals surface area (Å²) in [5.74, 6) is 0. The van der Waals surface area contributed by atoms with E-state index in [1.807, 2.05) is 11.8 Å². The highest BCUT2D eigenvalue weighted by atomic mass is 32.2. The molecule has 1 aliphatic carbocycles. The molecule has 1 heterocycles. The molecule has 58 heavy (non-hydrogen) atoms. The number of anilines is 3. The van der Waals surface area contributed by atoms with E-state index in [4.69, 9.17) is 0 Å². The van der Waals surface area contributed by atoms with Gasteiger partial charge in [-0.3, -0.25) is 0 Å². The molecule has 1 nitrogen and oxygen atoms in total. The second-order valence-corrected chi connectivity index (χ2v) is 17.1. The van der Waals surface area contributed by atoms with Gasteiger partial charge in [0.25, 0.3) is 0 Å². The predicted octanol–water partition coefficient (Wildman–Crippen LogP) is 15.1. The average Bonchev–Trinajstić information content (AvgIpc) is 3.29. The lowest BCUT2D eigenvalue weighted by Crippen LogP contribution is -2.44. The molecule has 0 fully saturated rings. The van der Waals surface area contributed by atoms with Crippen molar-refractivity contribution in [2.75, 3.05) is 4.90 Å². The molecule has 1 aliphatic heterocycles. The third-order valence-corrected chi connectivity index (χ3v) is 13.8. The molecule has 0 radical (unpaired) electrons. The zero-order valence-corrected chi connectivity index (χ0v) is 33.4. The van der Waals surface area contributed by atoms with Crippen LogP contribution >= 0.6 is 11.8 Å². The Morgan fingerprint density at radius 3 is 1.55 bits per heavy atom. The predicted molar refractivity (Wildman–Crippen MR) is 244 cm³/mol. The molecule has 0 amide bonds. The van der Waals surface area contributed by atoms with Crippen molar-refractivity contribution in [1.82, 2.24) is 0 Å². The maximum absolute atomic E-state index is 2.50. The summed E-state index contributed by atoms with van der Waals surface area (Å²) in [5, 5.41) is 2.57. The number of hydrogen-bond donors (Lipinski definition) is 0. The highest BCUT2D eigenvalue weighted by Crippen LogP contribution is 2.64. The number of fused-ring (bicyclic) bond motifs is 10. The number of benzene rings is 9. The highest BCUT2D eigenvalue weighted by Gasteiger charge is 2.53. The van der Waals surface area contributed by atoms with Crippen molar-refractivity contribution in [3.8, 4) is 22.3 Å². The van der Waals surface area contributed by atoms with Crippen LogP contribution < -0.4 is 4.90 Å². The van der Waals surface area contributed by atoms with Crippen LogP contribution in [0.3, 0.4) is 0 Å². The summed E-state index contributed by atoms with van der Waals surface area (Å²) in [6, 6.07) is 78.7. The number of rotatable bonds is 5. The van der Waals surface area contributed by atoms with E-state index < -0.39 is 5.41 Å². The zero-order valence-electron chi connectivity index (χ0n) is 32.6. The Morgan fingerprint density at radius 1 is 0.379 bits per heavy atom. The Labute approximate surface area is 345 Å². The molecule has 0 N–H and O–H groups in total. The minimum absolute atomic E-state index is 0.337. The molecule has 276 valence electrons. The molecule has 2 heteroatoms. The van der Waals surface area contributed by atoms with Crippen LogP contribution in [0.2, 0.25) is 0 Å². The van der Waals surface area contributed by atoms with E-state index in [-0.39, 0.29) is 5.41 Å². The molecule has 9 aromatic carbocycles. The van der Waals surface area contributed by atoms with Crippen LogP contribution in [0.4, 0.5) is 17.1 Å². The van der Waals surface area contributed by atoms with Crippen LogP contribution in [-0.4, -0.2) is 0 Å². The summed E-state index contributed by atoms with van der Waals surface area (Å²) in [6.45, 7) is 4.86. The van der Waals surface area contributed by atoms with Gasteiger partial charge in [0.2, 0.25) is 0 Å². The fourth-order valence-corrected chi connectivity index (χ4v) is 11.3. The lowest BCUT2D eigenvalue weighted by molar-refractivity contribution is 0.550. The Hall–Kier alpha value is -6.61. The largest absolute Gasteiger partial charge is 0.310 e. The minimum atomic E-state index is -0.543. The van der Waals surface area contributed by atoms with E-state index in [2.05, 4.69) is 231 Å². The van der Waals surface area contributed by atoms with Gasteiger partial charge in [0.05, 0.1) is 11.1 Å². The molecule has 0 saturated carbocycles. The van der Waals surface area contributed by atoms with Crippen molar-refractivity contribution in [2.45, 2.75) is 34.5 Å². The van der Waals surface area contributed by atoms with Crippen molar-refractivity contribution in [3.63, 3.8) is 0 Å². The molecule has 11 rings (SSSR count). The summed E-state index contributed by atoms with van der Waals surface area (Å²) < 4.78 is 0. The number of hydrogen-bond acceptors (Lipinski definition) is 2. The normalized spacial score (nSPS) is 15.9. The van der Waals surface area contributed by atoms with Crippen LogP contribution in [-0.2, 0) is 10.8 Å². The lowest BCUT2D eigenvalue weighted by Gasteiger charge is -2.51. The first-order chi connectivity index (χ1) is 28.5. The van der Waals surface area contributed by atoms with Gasteiger partial charge in [-0.2, -0.15) is 0 Å². The van der Waals surface area contributed by atoms with Crippen LogP contribution in [0.25, 0.3) is 33.0 Å². The molecular weight excluding hydrogens is 719 g/mol. The van der Waals surface area contributed by atoms with Crippen molar-refractivity contribution < 1.29 is 0 Å². The van der Waals surface area contributed by atoms with Crippen molar-refractivity contribution in [3.05, 3.63) is 246 Å².